The maximum atomic E-state index is 12.9. The van der Waals surface area contributed by atoms with E-state index in [9.17, 15) is 9.59 Å². The topological polar surface area (TPSA) is 133 Å². The molecule has 2 aliphatic heterocycles. The molecule has 3 amide bonds. The van der Waals surface area contributed by atoms with E-state index in [0.717, 1.165) is 12.8 Å². The van der Waals surface area contributed by atoms with Crippen molar-refractivity contribution in [3.05, 3.63) is 41.3 Å². The van der Waals surface area contributed by atoms with Crippen LogP contribution in [-0.2, 0) is 4.74 Å². The minimum atomic E-state index is -0.525. The Balaban J connectivity index is 1.37. The quantitative estimate of drug-likeness (QED) is 0.615. The smallest absolute Gasteiger partial charge is 0.407 e. The fourth-order valence-electron chi connectivity index (χ4n) is 4.74. The van der Waals surface area contributed by atoms with E-state index in [2.05, 4.69) is 26.8 Å². The van der Waals surface area contributed by atoms with Crippen LogP contribution in [0.3, 0.4) is 0 Å². The molecule has 1 aromatic heterocycles. The van der Waals surface area contributed by atoms with Gasteiger partial charge in [-0.25, -0.2) is 9.59 Å². The second kappa shape index (κ2) is 10.7. The number of benzene rings is 1. The number of carbonyl (C=O) groups is 2. The zero-order valence-electron chi connectivity index (χ0n) is 20.1. The monoisotopic (exact) mass is 482 g/mol. The summed E-state index contributed by atoms with van der Waals surface area (Å²) in [7, 11) is 1.33. The molecular formula is C24H30N6O5. The fraction of sp³-hybridized carbons (Fsp3) is 0.500. The maximum absolute atomic E-state index is 12.9. The largest absolute Gasteiger partial charge is 0.491 e. The average molecular weight is 483 g/mol. The Hall–Kier alpha value is -3.78. The van der Waals surface area contributed by atoms with E-state index in [1.807, 2.05) is 4.90 Å². The van der Waals surface area contributed by atoms with Crippen LogP contribution in [0.5, 0.6) is 5.75 Å². The first-order valence-electron chi connectivity index (χ1n) is 11.6. The number of likely N-dealkylation sites (tertiary alicyclic amines) is 1. The lowest BCUT2D eigenvalue weighted by molar-refractivity contribution is 0.0702. The number of hydrogen-bond acceptors (Lipinski definition) is 8. The van der Waals surface area contributed by atoms with Crippen molar-refractivity contribution >= 4 is 17.8 Å². The van der Waals surface area contributed by atoms with Gasteiger partial charge >= 0.3 is 12.1 Å². The molecule has 3 atom stereocenters. The Labute approximate surface area is 203 Å². The van der Waals surface area contributed by atoms with Gasteiger partial charge in [0.05, 0.1) is 24.8 Å². The van der Waals surface area contributed by atoms with Crippen molar-refractivity contribution in [1.29, 1.82) is 5.26 Å². The van der Waals surface area contributed by atoms with E-state index in [4.69, 9.17) is 19.3 Å². The summed E-state index contributed by atoms with van der Waals surface area (Å²) in [6, 6.07) is 8.79. The summed E-state index contributed by atoms with van der Waals surface area (Å²) in [5.74, 6) is 1.20. The predicted molar refractivity (Wildman–Crippen MR) is 126 cm³/mol. The van der Waals surface area contributed by atoms with Gasteiger partial charge in [-0.2, -0.15) is 5.26 Å². The summed E-state index contributed by atoms with van der Waals surface area (Å²) in [6.07, 6.45) is 1.42. The minimum Gasteiger partial charge on any atom is -0.491 e. The van der Waals surface area contributed by atoms with Crippen molar-refractivity contribution in [2.45, 2.75) is 44.8 Å². The van der Waals surface area contributed by atoms with E-state index in [1.54, 1.807) is 38.1 Å². The molecule has 2 aromatic rings. The van der Waals surface area contributed by atoms with Crippen molar-refractivity contribution in [2.24, 2.45) is 0 Å². The molecule has 2 unspecified atom stereocenters. The second-order valence-electron chi connectivity index (χ2n) is 8.90. The maximum Gasteiger partial charge on any atom is 0.407 e. The van der Waals surface area contributed by atoms with E-state index >= 15 is 0 Å². The number of carbonyl (C=O) groups excluding carboxylic acids is 2. The van der Waals surface area contributed by atoms with Gasteiger partial charge in [0, 0.05) is 31.7 Å². The number of alkyl carbamates (subject to hydrolysis) is 1. The molecule has 0 aliphatic carbocycles. The van der Waals surface area contributed by atoms with Gasteiger partial charge in [-0.3, -0.25) is 4.90 Å². The van der Waals surface area contributed by atoms with Crippen LogP contribution in [0.2, 0.25) is 0 Å². The molecule has 2 aliphatic rings. The van der Waals surface area contributed by atoms with Gasteiger partial charge in [0.25, 0.3) is 0 Å². The molecule has 35 heavy (non-hydrogen) atoms. The lowest BCUT2D eigenvalue weighted by Crippen LogP contribution is -2.59. The van der Waals surface area contributed by atoms with Gasteiger partial charge in [-0.05, 0) is 51.0 Å². The van der Waals surface area contributed by atoms with Gasteiger partial charge in [0.2, 0.25) is 0 Å². The first kappa shape index (κ1) is 24.3. The molecule has 1 aromatic carbocycles. The summed E-state index contributed by atoms with van der Waals surface area (Å²) in [5.41, 5.74) is 1.82. The highest BCUT2D eigenvalue weighted by Gasteiger charge is 2.42. The molecule has 2 fully saturated rings. The van der Waals surface area contributed by atoms with Crippen LogP contribution < -0.4 is 15.4 Å². The molecule has 0 radical (unpaired) electrons. The molecule has 2 bridgehead atoms. The van der Waals surface area contributed by atoms with Crippen molar-refractivity contribution in [3.8, 4) is 11.8 Å². The lowest BCUT2D eigenvalue weighted by atomic mass is 10.1. The number of nitriles is 1. The number of piperazine rings is 1. The first-order valence-corrected chi connectivity index (χ1v) is 11.6. The molecule has 2 saturated heterocycles. The summed E-state index contributed by atoms with van der Waals surface area (Å²) in [5, 5.41) is 18.6. The van der Waals surface area contributed by atoms with Gasteiger partial charge in [0.15, 0.2) is 5.76 Å². The first-order chi connectivity index (χ1) is 16.9. The number of urea groups is 1. The zero-order chi connectivity index (χ0) is 24.9. The SMILES string of the molecule is COC(=O)N[C@H](COc1ccc(C#N)cc1)CN1C2CCC1CN(C(=O)Nc1c(C)noc1C)C2. The molecule has 11 heteroatoms. The third kappa shape index (κ3) is 5.66. The highest BCUT2D eigenvalue weighted by Crippen LogP contribution is 2.31. The molecule has 4 rings (SSSR count). The van der Waals surface area contributed by atoms with Crippen molar-refractivity contribution in [3.63, 3.8) is 0 Å². The average Bonchev–Trinajstić information content (AvgIpc) is 3.29. The Kier molecular flexibility index (Phi) is 7.41. The number of aromatic nitrogens is 1. The highest BCUT2D eigenvalue weighted by atomic mass is 16.5. The number of aryl methyl sites for hydroxylation is 2. The molecule has 2 N–H and O–H groups in total. The zero-order valence-corrected chi connectivity index (χ0v) is 20.1. The molecule has 0 spiro atoms. The standard InChI is InChI=1S/C24H30N6O5/c1-15-22(16(2)35-28-15)27-23(31)29-12-19-6-7-20(13-29)30(19)11-18(26-24(32)33-3)14-34-21-8-4-17(10-25)5-9-21/h4-5,8-9,18-20H,6-7,11-14H2,1-3H3,(H,26,32)(H,27,31)/t18-,19?,20?/m0/s1. The lowest BCUT2D eigenvalue weighted by Gasteiger charge is -2.42. The summed E-state index contributed by atoms with van der Waals surface area (Å²) in [4.78, 5) is 29.1. The van der Waals surface area contributed by atoms with Crippen molar-refractivity contribution < 1.29 is 23.6 Å². The van der Waals surface area contributed by atoms with Crippen LogP contribution in [0.25, 0.3) is 0 Å². The van der Waals surface area contributed by atoms with E-state index in [-0.39, 0.29) is 30.8 Å². The van der Waals surface area contributed by atoms with E-state index in [1.165, 1.54) is 7.11 Å². The number of nitrogens with one attached hydrogen (secondary N) is 2. The molecule has 186 valence electrons. The summed E-state index contributed by atoms with van der Waals surface area (Å²) in [6.45, 7) is 5.56. The van der Waals surface area contributed by atoms with Gasteiger partial charge < -0.3 is 29.5 Å². The predicted octanol–water partition coefficient (Wildman–Crippen LogP) is 2.65. The van der Waals surface area contributed by atoms with Crippen LogP contribution in [0, 0.1) is 25.2 Å². The van der Waals surface area contributed by atoms with Crippen molar-refractivity contribution in [2.75, 3.05) is 38.7 Å². The van der Waals surface area contributed by atoms with Crippen molar-refractivity contribution in [1.82, 2.24) is 20.3 Å². The van der Waals surface area contributed by atoms with Crippen LogP contribution in [0.4, 0.5) is 15.3 Å². The number of fused-ring (bicyclic) bond motifs is 2. The number of rotatable bonds is 7. The molecule has 3 heterocycles. The number of ether oxygens (including phenoxy) is 2. The number of anilines is 1. The third-order valence-electron chi connectivity index (χ3n) is 6.56. The highest BCUT2D eigenvalue weighted by molar-refractivity contribution is 5.90. The third-order valence-corrected chi connectivity index (χ3v) is 6.56. The van der Waals surface area contributed by atoms with E-state index in [0.29, 0.717) is 48.1 Å². The molecule has 11 nitrogen and oxygen atoms in total. The van der Waals surface area contributed by atoms with Gasteiger partial charge in [-0.1, -0.05) is 5.16 Å². The molecule has 0 saturated carbocycles. The summed E-state index contributed by atoms with van der Waals surface area (Å²) < 4.78 is 15.8. The second-order valence-corrected chi connectivity index (χ2v) is 8.90. The Morgan fingerprint density at radius 2 is 1.91 bits per heavy atom. The normalized spacial score (nSPS) is 20.1. The van der Waals surface area contributed by atoms with Gasteiger partial charge in [0.1, 0.15) is 23.7 Å². The molecular weight excluding hydrogens is 452 g/mol. The Morgan fingerprint density at radius 3 is 2.49 bits per heavy atom. The number of amides is 3. The van der Waals surface area contributed by atoms with Crippen LogP contribution >= 0.6 is 0 Å². The van der Waals surface area contributed by atoms with Crippen LogP contribution in [0.15, 0.2) is 28.8 Å². The van der Waals surface area contributed by atoms with Crippen LogP contribution in [0.1, 0.15) is 29.9 Å². The number of methoxy groups -OCH3 is 1. The minimum absolute atomic E-state index is 0.163. The van der Waals surface area contributed by atoms with E-state index < -0.39 is 6.09 Å². The number of hydrogen-bond donors (Lipinski definition) is 2. The Morgan fingerprint density at radius 1 is 1.23 bits per heavy atom. The van der Waals surface area contributed by atoms with Crippen LogP contribution in [-0.4, -0.2) is 78.6 Å². The number of nitrogens with zero attached hydrogens (tertiary/aromatic N) is 4. The Bertz CT molecular complexity index is 1060. The summed E-state index contributed by atoms with van der Waals surface area (Å²) >= 11 is 0. The van der Waals surface area contributed by atoms with Gasteiger partial charge in [-0.15, -0.1) is 0 Å². The fourth-order valence-corrected chi connectivity index (χ4v) is 4.74.